The molecule has 0 radical (unpaired) electrons. The van der Waals surface area contributed by atoms with E-state index in [9.17, 15) is 9.59 Å². The van der Waals surface area contributed by atoms with E-state index in [2.05, 4.69) is 4.98 Å². The van der Waals surface area contributed by atoms with Gasteiger partial charge < -0.3 is 15.8 Å². The van der Waals surface area contributed by atoms with Crippen LogP contribution in [0.15, 0.2) is 42.9 Å². The van der Waals surface area contributed by atoms with Crippen molar-refractivity contribution in [1.82, 2.24) is 9.38 Å². The maximum Gasteiger partial charge on any atom is 1.00 e. The summed E-state index contributed by atoms with van der Waals surface area (Å²) in [6, 6.07) is 6.56. The van der Waals surface area contributed by atoms with Crippen LogP contribution in [0.3, 0.4) is 0 Å². The molecule has 0 aliphatic heterocycles. The Hall–Kier alpha value is -2.07. The van der Waals surface area contributed by atoms with E-state index in [1.165, 1.54) is 17.0 Å². The summed E-state index contributed by atoms with van der Waals surface area (Å²) in [7, 11) is 1.65. The first kappa shape index (κ1) is 16.3. The van der Waals surface area contributed by atoms with Gasteiger partial charge in [0.1, 0.15) is 10.5 Å². The number of nitrogens with zero attached hydrogens (tertiary/aromatic N) is 3. The van der Waals surface area contributed by atoms with Gasteiger partial charge in [0.15, 0.2) is 0 Å². The van der Waals surface area contributed by atoms with Crippen LogP contribution in [0.4, 0.5) is 5.69 Å². The van der Waals surface area contributed by atoms with Gasteiger partial charge in [-0.1, -0.05) is 0 Å². The molecule has 0 atom stereocenters. The zero-order chi connectivity index (χ0) is 15.0. The van der Waals surface area contributed by atoms with Crippen molar-refractivity contribution in [1.29, 1.82) is 0 Å². The Kier molecular flexibility index (Phi) is 4.71. The van der Waals surface area contributed by atoms with Gasteiger partial charge in [-0.05, 0) is 18.2 Å². The number of fused-ring (bicyclic) bond motifs is 1. The molecule has 0 aliphatic rings. The molecule has 3 heterocycles. The van der Waals surface area contributed by atoms with Crippen LogP contribution in [0.25, 0.3) is 5.65 Å². The van der Waals surface area contributed by atoms with Crippen molar-refractivity contribution in [2.45, 2.75) is 0 Å². The summed E-state index contributed by atoms with van der Waals surface area (Å²) < 4.78 is 1.84. The molecular weight excluding hydrogens is 297 g/mol. The monoisotopic (exact) mass is 309 g/mol. The number of hydrogen-bond acceptors (Lipinski definition) is 4. The van der Waals surface area contributed by atoms with Crippen molar-refractivity contribution in [3.05, 3.63) is 52.6 Å². The molecule has 0 aliphatic carbocycles. The number of thiophene rings is 1. The molecule has 0 bridgehead atoms. The average Bonchev–Trinajstić information content (AvgIpc) is 3.13. The number of carbonyl (C=O) groups is 2. The molecule has 3 rings (SSSR count). The van der Waals surface area contributed by atoms with Crippen LogP contribution in [0.1, 0.15) is 20.8 Å². The first-order valence-corrected chi connectivity index (χ1v) is 6.92. The maximum atomic E-state index is 12.4. The van der Waals surface area contributed by atoms with Gasteiger partial charge in [0.2, 0.25) is 0 Å². The van der Waals surface area contributed by atoms with Gasteiger partial charge in [0.25, 0.3) is 5.91 Å². The number of carboxylic acids is 1. The van der Waals surface area contributed by atoms with Gasteiger partial charge in [-0.2, -0.15) is 0 Å². The minimum atomic E-state index is -1.03. The predicted octanol–water partition coefficient (Wildman–Crippen LogP) is -0.513. The molecule has 22 heavy (non-hydrogen) atoms. The van der Waals surface area contributed by atoms with Crippen molar-refractivity contribution in [3.8, 4) is 0 Å². The fraction of sp³-hybridized carbons (Fsp3) is 0.0714. The summed E-state index contributed by atoms with van der Waals surface area (Å²) in [5.41, 5.74) is 1.44. The van der Waals surface area contributed by atoms with E-state index in [-0.39, 0.29) is 31.1 Å². The fourth-order valence-electron chi connectivity index (χ4n) is 1.96. The zero-order valence-corrected chi connectivity index (χ0v) is 12.9. The van der Waals surface area contributed by atoms with Crippen LogP contribution >= 0.6 is 11.3 Å². The van der Waals surface area contributed by atoms with E-state index in [1.807, 2.05) is 16.8 Å². The summed E-state index contributed by atoms with van der Waals surface area (Å²) in [6.45, 7) is 0. The Labute approximate surface area is 143 Å². The molecule has 0 fully saturated rings. The van der Waals surface area contributed by atoms with E-state index in [0.717, 1.165) is 17.0 Å². The molecule has 1 amide bonds. The van der Waals surface area contributed by atoms with Crippen molar-refractivity contribution < 1.29 is 35.0 Å². The van der Waals surface area contributed by atoms with Gasteiger partial charge in [0.05, 0.1) is 4.88 Å². The molecule has 0 spiro atoms. The van der Waals surface area contributed by atoms with Gasteiger partial charge in [0, 0.05) is 37.4 Å². The smallest absolute Gasteiger partial charge is 1.00 e. The molecule has 0 aromatic carbocycles. The molecule has 3 aromatic heterocycles. The fourth-order valence-corrected chi connectivity index (χ4v) is 2.78. The quantitative estimate of drug-likeness (QED) is 0.661. The number of aromatic nitrogens is 2. The molecule has 0 saturated carbocycles. The second kappa shape index (κ2) is 6.36. The van der Waals surface area contributed by atoms with Crippen LogP contribution in [0.5, 0.6) is 0 Å². The number of pyridine rings is 1. The SMILES string of the molecule is CN(C(=O)c1ccc(C(=O)O)s1)c1ccn2ccnc2c1.[H-].[Li+]. The number of anilines is 1. The number of carboxylic acid groups (broad SMARTS) is 1. The molecule has 108 valence electrons. The molecule has 6 nitrogen and oxygen atoms in total. The largest absolute Gasteiger partial charge is 1.00 e. The van der Waals surface area contributed by atoms with Crippen molar-refractivity contribution >= 4 is 34.5 Å². The Bertz CT molecular complexity index is 849. The first-order valence-electron chi connectivity index (χ1n) is 6.10. The Morgan fingerprint density at radius 2 is 2.00 bits per heavy atom. The Balaban J connectivity index is 0.00000132. The number of imidazole rings is 1. The second-order valence-corrected chi connectivity index (χ2v) is 5.49. The van der Waals surface area contributed by atoms with Crippen LogP contribution in [-0.2, 0) is 0 Å². The molecular formula is C14H12LiN3O3S. The Morgan fingerprint density at radius 1 is 1.27 bits per heavy atom. The van der Waals surface area contributed by atoms with E-state index < -0.39 is 5.97 Å². The van der Waals surface area contributed by atoms with Crippen molar-refractivity contribution in [2.75, 3.05) is 11.9 Å². The van der Waals surface area contributed by atoms with E-state index in [0.29, 0.717) is 10.6 Å². The molecule has 8 heteroatoms. The minimum absolute atomic E-state index is 0. The predicted molar refractivity (Wildman–Crippen MR) is 80.3 cm³/mol. The number of rotatable bonds is 3. The van der Waals surface area contributed by atoms with Gasteiger partial charge in [-0.3, -0.25) is 4.79 Å². The van der Waals surface area contributed by atoms with Gasteiger partial charge in [-0.25, -0.2) is 9.78 Å². The molecule has 3 aromatic rings. The second-order valence-electron chi connectivity index (χ2n) is 4.41. The Morgan fingerprint density at radius 3 is 2.68 bits per heavy atom. The topological polar surface area (TPSA) is 74.9 Å². The van der Waals surface area contributed by atoms with Crippen LogP contribution < -0.4 is 23.8 Å². The van der Waals surface area contributed by atoms with E-state index in [1.54, 1.807) is 25.4 Å². The first-order chi connectivity index (χ1) is 10.1. The van der Waals surface area contributed by atoms with Crippen LogP contribution in [0, 0.1) is 0 Å². The normalized spacial score (nSPS) is 10.2. The summed E-state index contributed by atoms with van der Waals surface area (Å²) in [4.78, 5) is 29.4. The summed E-state index contributed by atoms with van der Waals surface area (Å²) in [5.74, 6) is -1.27. The van der Waals surface area contributed by atoms with Crippen molar-refractivity contribution in [2.24, 2.45) is 0 Å². The summed E-state index contributed by atoms with van der Waals surface area (Å²) in [6.07, 6.45) is 5.32. The summed E-state index contributed by atoms with van der Waals surface area (Å²) >= 11 is 0.966. The molecule has 0 saturated heterocycles. The van der Waals surface area contributed by atoms with E-state index >= 15 is 0 Å². The number of amides is 1. The third-order valence-electron chi connectivity index (χ3n) is 3.10. The van der Waals surface area contributed by atoms with Crippen LogP contribution in [-0.4, -0.2) is 33.4 Å². The van der Waals surface area contributed by atoms with E-state index in [4.69, 9.17) is 5.11 Å². The zero-order valence-electron chi connectivity index (χ0n) is 13.1. The standard InChI is InChI=1S/C14H11N3O3S.Li.H/c1-16(9-4-6-17-7-5-15-12(17)8-9)13(18)10-2-3-11(21-10)14(19)20;;/h2-8H,1H3,(H,19,20);;/q;+1;-1. The molecule has 1 N–H and O–H groups in total. The van der Waals surface area contributed by atoms with Gasteiger partial charge in [-0.15, -0.1) is 11.3 Å². The maximum absolute atomic E-state index is 12.4. The summed E-state index contributed by atoms with van der Waals surface area (Å²) in [5, 5.41) is 8.90. The minimum Gasteiger partial charge on any atom is -1.00 e. The number of hydrogen-bond donors (Lipinski definition) is 1. The third-order valence-corrected chi connectivity index (χ3v) is 4.16. The molecule has 0 unspecified atom stereocenters. The third kappa shape index (κ3) is 2.92. The number of carbonyl (C=O) groups excluding carboxylic acids is 1. The average molecular weight is 309 g/mol. The number of aromatic carboxylic acids is 1. The van der Waals surface area contributed by atoms with Gasteiger partial charge >= 0.3 is 24.8 Å². The van der Waals surface area contributed by atoms with Crippen molar-refractivity contribution in [3.63, 3.8) is 0 Å². The van der Waals surface area contributed by atoms with Crippen LogP contribution in [0.2, 0.25) is 0 Å².